The van der Waals surface area contributed by atoms with Crippen LogP contribution in [-0.4, -0.2) is 0 Å². The van der Waals surface area contributed by atoms with Gasteiger partial charge < -0.3 is 0 Å². The van der Waals surface area contributed by atoms with E-state index in [0.717, 1.165) is 5.57 Å². The van der Waals surface area contributed by atoms with Crippen molar-refractivity contribution in [3.05, 3.63) is 157 Å². The fraction of sp³-hybridized carbons (Fsp3) is 0.0811. The molecule has 0 N–H and O–H groups in total. The Morgan fingerprint density at radius 2 is 1.35 bits per heavy atom. The second-order valence-electron chi connectivity index (χ2n) is 9.86. The SMILES string of the molecule is C=C/C=C(\C)C1(C(=C)/C=C\C)c2ccccc2-c2ccc(-c3c4ccccc4cc4ccccc34)cc21. The predicted octanol–water partition coefficient (Wildman–Crippen LogP) is 10.2. The Labute approximate surface area is 219 Å². The molecule has 0 nitrogen and oxygen atoms in total. The van der Waals surface area contributed by atoms with E-state index in [0.29, 0.717) is 0 Å². The summed E-state index contributed by atoms with van der Waals surface area (Å²) in [7, 11) is 0. The normalized spacial score (nSPS) is 16.8. The molecule has 1 aliphatic rings. The maximum Gasteiger partial charge on any atom is 0.0668 e. The fourth-order valence-corrected chi connectivity index (χ4v) is 6.41. The zero-order chi connectivity index (χ0) is 25.6. The maximum atomic E-state index is 4.64. The van der Waals surface area contributed by atoms with Gasteiger partial charge in [-0.1, -0.05) is 128 Å². The van der Waals surface area contributed by atoms with Crippen molar-refractivity contribution in [1.82, 2.24) is 0 Å². The zero-order valence-corrected chi connectivity index (χ0v) is 21.5. The van der Waals surface area contributed by atoms with Crippen molar-refractivity contribution in [2.75, 3.05) is 0 Å². The molecule has 1 aliphatic carbocycles. The number of fused-ring (bicyclic) bond motifs is 5. The molecule has 1 unspecified atom stereocenters. The lowest BCUT2D eigenvalue weighted by Gasteiger charge is -2.35. The number of rotatable bonds is 5. The van der Waals surface area contributed by atoms with Crippen molar-refractivity contribution < 1.29 is 0 Å². The highest BCUT2D eigenvalue weighted by Crippen LogP contribution is 2.57. The Balaban J connectivity index is 1.74. The van der Waals surface area contributed by atoms with Crippen LogP contribution in [0.25, 0.3) is 43.8 Å². The van der Waals surface area contributed by atoms with Gasteiger partial charge in [-0.05, 0) is 86.5 Å². The van der Waals surface area contributed by atoms with Crippen LogP contribution in [0.15, 0.2) is 146 Å². The van der Waals surface area contributed by atoms with Crippen LogP contribution in [0.5, 0.6) is 0 Å². The van der Waals surface area contributed by atoms with Gasteiger partial charge in [0.25, 0.3) is 0 Å². The van der Waals surface area contributed by atoms with Gasteiger partial charge in [-0.15, -0.1) is 0 Å². The molecule has 0 aliphatic heterocycles. The van der Waals surface area contributed by atoms with E-state index < -0.39 is 5.41 Å². The van der Waals surface area contributed by atoms with E-state index in [9.17, 15) is 0 Å². The zero-order valence-electron chi connectivity index (χ0n) is 21.5. The van der Waals surface area contributed by atoms with Crippen LogP contribution >= 0.6 is 0 Å². The van der Waals surface area contributed by atoms with Crippen molar-refractivity contribution in [2.45, 2.75) is 19.3 Å². The van der Waals surface area contributed by atoms with Gasteiger partial charge in [0.15, 0.2) is 0 Å². The monoisotopic (exact) mass is 474 g/mol. The van der Waals surface area contributed by atoms with Gasteiger partial charge in [0.2, 0.25) is 0 Å². The molecule has 5 aromatic rings. The van der Waals surface area contributed by atoms with Crippen LogP contribution in [0, 0.1) is 0 Å². The molecule has 0 heterocycles. The highest BCUT2D eigenvalue weighted by Gasteiger charge is 2.45. The second kappa shape index (κ2) is 8.91. The van der Waals surface area contributed by atoms with E-state index >= 15 is 0 Å². The first-order valence-corrected chi connectivity index (χ1v) is 12.9. The molecule has 178 valence electrons. The highest BCUT2D eigenvalue weighted by atomic mass is 14.5. The third kappa shape index (κ3) is 3.29. The van der Waals surface area contributed by atoms with Crippen molar-refractivity contribution in [3.63, 3.8) is 0 Å². The molecule has 0 radical (unpaired) electrons. The van der Waals surface area contributed by atoms with E-state index in [4.69, 9.17) is 0 Å². The quantitative estimate of drug-likeness (QED) is 0.176. The van der Waals surface area contributed by atoms with E-state index in [-0.39, 0.29) is 0 Å². The third-order valence-electron chi connectivity index (χ3n) is 7.91. The van der Waals surface area contributed by atoms with Gasteiger partial charge in [-0.2, -0.15) is 0 Å². The maximum absolute atomic E-state index is 4.64. The van der Waals surface area contributed by atoms with Gasteiger partial charge in [0, 0.05) is 0 Å². The Hall–Kier alpha value is -4.42. The average molecular weight is 475 g/mol. The number of hydrogen-bond acceptors (Lipinski definition) is 0. The summed E-state index contributed by atoms with van der Waals surface area (Å²) >= 11 is 0. The molecule has 6 rings (SSSR count). The number of benzene rings is 5. The summed E-state index contributed by atoms with van der Waals surface area (Å²) in [4.78, 5) is 0. The molecule has 0 saturated heterocycles. The first kappa shape index (κ1) is 23.0. The number of allylic oxidation sites excluding steroid dienone is 6. The fourth-order valence-electron chi connectivity index (χ4n) is 6.41. The molecule has 0 bridgehead atoms. The van der Waals surface area contributed by atoms with Crippen LogP contribution in [0.2, 0.25) is 0 Å². The number of hydrogen-bond donors (Lipinski definition) is 0. The molecule has 0 spiro atoms. The molecular weight excluding hydrogens is 444 g/mol. The summed E-state index contributed by atoms with van der Waals surface area (Å²) in [6.07, 6.45) is 8.28. The molecule has 5 aromatic carbocycles. The Morgan fingerprint density at radius 3 is 2.03 bits per heavy atom. The first-order valence-electron chi connectivity index (χ1n) is 12.9. The Morgan fingerprint density at radius 1 is 0.730 bits per heavy atom. The molecule has 37 heavy (non-hydrogen) atoms. The minimum Gasteiger partial charge on any atom is -0.0991 e. The van der Waals surface area contributed by atoms with Crippen LogP contribution < -0.4 is 0 Å². The van der Waals surface area contributed by atoms with Gasteiger partial charge in [-0.25, -0.2) is 0 Å². The summed E-state index contributed by atoms with van der Waals surface area (Å²) in [6.45, 7) is 12.9. The van der Waals surface area contributed by atoms with Gasteiger partial charge in [-0.3, -0.25) is 0 Å². The lowest BCUT2D eigenvalue weighted by Crippen LogP contribution is -2.28. The summed E-state index contributed by atoms with van der Waals surface area (Å²) in [5.74, 6) is 0. The van der Waals surface area contributed by atoms with Crippen molar-refractivity contribution in [2.24, 2.45) is 0 Å². The van der Waals surface area contributed by atoms with Gasteiger partial charge in [0.1, 0.15) is 0 Å². The predicted molar refractivity (Wildman–Crippen MR) is 161 cm³/mol. The largest absolute Gasteiger partial charge is 0.0991 e. The van der Waals surface area contributed by atoms with E-state index in [2.05, 4.69) is 142 Å². The van der Waals surface area contributed by atoms with Crippen molar-refractivity contribution in [1.29, 1.82) is 0 Å². The molecule has 1 atom stereocenters. The Bertz CT molecular complexity index is 1720. The van der Waals surface area contributed by atoms with E-state index in [1.165, 1.54) is 60.5 Å². The lowest BCUT2D eigenvalue weighted by atomic mass is 9.67. The smallest absolute Gasteiger partial charge is 0.0668 e. The first-order chi connectivity index (χ1) is 18.1. The van der Waals surface area contributed by atoms with Crippen molar-refractivity contribution >= 4 is 21.5 Å². The second-order valence-corrected chi connectivity index (χ2v) is 9.86. The molecular formula is C37H30. The van der Waals surface area contributed by atoms with Crippen LogP contribution in [-0.2, 0) is 5.41 Å². The van der Waals surface area contributed by atoms with E-state index in [1.807, 2.05) is 6.08 Å². The lowest BCUT2D eigenvalue weighted by molar-refractivity contribution is 0.748. The van der Waals surface area contributed by atoms with Crippen LogP contribution in [0.1, 0.15) is 25.0 Å². The summed E-state index contributed by atoms with van der Waals surface area (Å²) < 4.78 is 0. The third-order valence-corrected chi connectivity index (χ3v) is 7.91. The topological polar surface area (TPSA) is 0 Å². The minimum absolute atomic E-state index is 0.455. The Kier molecular flexibility index (Phi) is 5.54. The summed E-state index contributed by atoms with van der Waals surface area (Å²) in [6, 6.07) is 35.5. The van der Waals surface area contributed by atoms with Crippen LogP contribution in [0.4, 0.5) is 0 Å². The van der Waals surface area contributed by atoms with Gasteiger partial charge >= 0.3 is 0 Å². The van der Waals surface area contributed by atoms with Gasteiger partial charge in [0.05, 0.1) is 5.41 Å². The summed E-state index contributed by atoms with van der Waals surface area (Å²) in [5.41, 5.74) is 9.44. The van der Waals surface area contributed by atoms with Crippen molar-refractivity contribution in [3.8, 4) is 22.3 Å². The molecule has 0 saturated carbocycles. The highest BCUT2D eigenvalue weighted by molar-refractivity contribution is 6.13. The van der Waals surface area contributed by atoms with Crippen LogP contribution in [0.3, 0.4) is 0 Å². The average Bonchev–Trinajstić information content (AvgIpc) is 3.22. The standard InChI is InChI=1S/C37H30/c1-5-13-25(3)37(26(4)14-6-2)34-20-12-11-19-32(34)33-22-21-29(24-35(33)37)36-30-17-9-7-15-27(30)23-28-16-8-10-18-31(28)36/h5-24H,1,4H2,2-3H3/b14-6-,25-13+. The molecule has 0 fully saturated rings. The minimum atomic E-state index is -0.455. The molecule has 0 heteroatoms. The molecule has 0 amide bonds. The molecule has 0 aromatic heterocycles. The summed E-state index contributed by atoms with van der Waals surface area (Å²) in [5, 5.41) is 5.06. The van der Waals surface area contributed by atoms with E-state index in [1.54, 1.807) is 0 Å².